The first-order valence-corrected chi connectivity index (χ1v) is 11.2. The number of thioether (sulfide) groups is 1. The van der Waals surface area contributed by atoms with E-state index in [1.165, 1.54) is 11.8 Å². The van der Waals surface area contributed by atoms with Crippen molar-refractivity contribution in [3.8, 4) is 0 Å². The van der Waals surface area contributed by atoms with Gasteiger partial charge < -0.3 is 24.8 Å². The van der Waals surface area contributed by atoms with Crippen LogP contribution in [0.4, 0.5) is 17.1 Å². The molecule has 0 bridgehead atoms. The van der Waals surface area contributed by atoms with Gasteiger partial charge in [-0.15, -0.1) is 10.2 Å². The normalized spacial score (nSPS) is 13.6. The summed E-state index contributed by atoms with van der Waals surface area (Å²) in [4.78, 5) is 27.2. The molecule has 0 aliphatic carbocycles. The lowest BCUT2D eigenvalue weighted by Gasteiger charge is -2.30. The molecule has 0 atom stereocenters. The SMILES string of the molecule is Cn1cnnc1SCC(=O)Nc1ccc(C(=O)Nc2ccccc2N2CCOCC2)cc1. The van der Waals surface area contributed by atoms with Crippen molar-refractivity contribution in [2.75, 3.05) is 47.6 Å². The number of ether oxygens (including phenoxy) is 1. The van der Waals surface area contributed by atoms with Gasteiger partial charge in [0.2, 0.25) is 5.91 Å². The van der Waals surface area contributed by atoms with Crippen LogP contribution in [0.5, 0.6) is 0 Å². The number of hydrogen-bond acceptors (Lipinski definition) is 7. The summed E-state index contributed by atoms with van der Waals surface area (Å²) >= 11 is 1.30. The van der Waals surface area contributed by atoms with Crippen molar-refractivity contribution < 1.29 is 14.3 Å². The topological polar surface area (TPSA) is 101 Å². The average molecular weight is 453 g/mol. The lowest BCUT2D eigenvalue weighted by Crippen LogP contribution is -2.36. The molecular formula is C22H24N6O3S. The molecule has 1 aliphatic heterocycles. The molecule has 2 amide bonds. The maximum Gasteiger partial charge on any atom is 0.255 e. The molecule has 1 aromatic heterocycles. The summed E-state index contributed by atoms with van der Waals surface area (Å²) < 4.78 is 7.17. The molecule has 1 saturated heterocycles. The molecule has 1 aliphatic rings. The molecule has 3 aromatic rings. The Morgan fingerprint density at radius 3 is 2.53 bits per heavy atom. The standard InChI is InChI=1S/C22H24N6O3S/c1-27-15-23-26-22(27)32-14-20(29)24-17-8-6-16(7-9-17)21(30)25-18-4-2-3-5-19(18)28-10-12-31-13-11-28/h2-9,15H,10-14H2,1H3,(H,24,29)(H,25,30). The summed E-state index contributed by atoms with van der Waals surface area (Å²) in [7, 11) is 1.82. The van der Waals surface area contributed by atoms with Crippen molar-refractivity contribution in [1.82, 2.24) is 14.8 Å². The maximum atomic E-state index is 12.8. The quantitative estimate of drug-likeness (QED) is 0.532. The predicted octanol–water partition coefficient (Wildman–Crippen LogP) is 2.63. The first-order chi connectivity index (χ1) is 15.6. The summed E-state index contributed by atoms with van der Waals surface area (Å²) in [6.07, 6.45) is 1.59. The highest BCUT2D eigenvalue weighted by Gasteiger charge is 2.16. The predicted molar refractivity (Wildman–Crippen MR) is 124 cm³/mol. The van der Waals surface area contributed by atoms with Crippen molar-refractivity contribution in [3.63, 3.8) is 0 Å². The third-order valence-corrected chi connectivity index (χ3v) is 5.97. The molecule has 166 valence electrons. The van der Waals surface area contributed by atoms with Crippen molar-refractivity contribution >= 4 is 40.6 Å². The van der Waals surface area contributed by atoms with Gasteiger partial charge in [0.05, 0.1) is 30.3 Å². The van der Waals surface area contributed by atoms with Gasteiger partial charge in [-0.05, 0) is 36.4 Å². The Morgan fingerprint density at radius 1 is 1.06 bits per heavy atom. The van der Waals surface area contributed by atoms with Gasteiger partial charge in [0.25, 0.3) is 5.91 Å². The fourth-order valence-electron chi connectivity index (χ4n) is 3.29. The maximum absolute atomic E-state index is 12.8. The number of nitrogens with zero attached hydrogens (tertiary/aromatic N) is 4. The minimum Gasteiger partial charge on any atom is -0.378 e. The van der Waals surface area contributed by atoms with Crippen LogP contribution in [0, 0.1) is 0 Å². The number of carbonyl (C=O) groups is 2. The van der Waals surface area contributed by atoms with Crippen molar-refractivity contribution in [1.29, 1.82) is 0 Å². The Labute approximate surface area is 190 Å². The lowest BCUT2D eigenvalue weighted by atomic mass is 10.1. The van der Waals surface area contributed by atoms with E-state index in [0.717, 1.165) is 24.5 Å². The van der Waals surface area contributed by atoms with Crippen molar-refractivity contribution in [3.05, 3.63) is 60.4 Å². The van der Waals surface area contributed by atoms with Crippen LogP contribution < -0.4 is 15.5 Å². The zero-order valence-corrected chi connectivity index (χ0v) is 18.5. The summed E-state index contributed by atoms with van der Waals surface area (Å²) in [5.41, 5.74) is 2.87. The van der Waals surface area contributed by atoms with Crippen LogP contribution in [-0.2, 0) is 16.6 Å². The highest BCUT2D eigenvalue weighted by molar-refractivity contribution is 7.99. The van der Waals surface area contributed by atoms with E-state index >= 15 is 0 Å². The molecule has 4 rings (SSSR count). The Bertz CT molecular complexity index is 1080. The van der Waals surface area contributed by atoms with Gasteiger partial charge in [-0.25, -0.2) is 0 Å². The average Bonchev–Trinajstić information content (AvgIpc) is 3.24. The number of hydrogen-bond donors (Lipinski definition) is 2. The van der Waals surface area contributed by atoms with Crippen LogP contribution in [0.2, 0.25) is 0 Å². The molecule has 2 aromatic carbocycles. The first kappa shape index (κ1) is 21.8. The summed E-state index contributed by atoms with van der Waals surface area (Å²) in [5.74, 6) is -0.149. The fraction of sp³-hybridized carbons (Fsp3) is 0.273. The minimum absolute atomic E-state index is 0.158. The van der Waals surface area contributed by atoms with Crippen LogP contribution in [-0.4, -0.2) is 58.6 Å². The van der Waals surface area contributed by atoms with E-state index in [1.807, 2.05) is 31.3 Å². The van der Waals surface area contributed by atoms with E-state index in [1.54, 1.807) is 35.2 Å². The monoisotopic (exact) mass is 452 g/mol. The largest absolute Gasteiger partial charge is 0.378 e. The molecule has 32 heavy (non-hydrogen) atoms. The molecule has 0 radical (unpaired) electrons. The highest BCUT2D eigenvalue weighted by atomic mass is 32.2. The molecule has 0 saturated carbocycles. The van der Waals surface area contributed by atoms with Gasteiger partial charge in [-0.3, -0.25) is 9.59 Å². The van der Waals surface area contributed by atoms with Crippen LogP contribution in [0.1, 0.15) is 10.4 Å². The van der Waals surface area contributed by atoms with E-state index in [0.29, 0.717) is 29.6 Å². The highest BCUT2D eigenvalue weighted by Crippen LogP contribution is 2.27. The van der Waals surface area contributed by atoms with Crippen molar-refractivity contribution in [2.24, 2.45) is 7.05 Å². The number of anilines is 3. The number of rotatable bonds is 7. The number of morpholine rings is 1. The van der Waals surface area contributed by atoms with E-state index in [9.17, 15) is 9.59 Å². The number of aromatic nitrogens is 3. The van der Waals surface area contributed by atoms with E-state index in [4.69, 9.17) is 4.74 Å². The zero-order valence-electron chi connectivity index (χ0n) is 17.7. The molecule has 2 heterocycles. The molecule has 0 spiro atoms. The van der Waals surface area contributed by atoms with E-state index in [-0.39, 0.29) is 17.6 Å². The minimum atomic E-state index is -0.207. The van der Waals surface area contributed by atoms with Gasteiger partial charge in [0, 0.05) is 31.4 Å². The second kappa shape index (κ2) is 10.3. The Hall–Kier alpha value is -3.37. The molecule has 0 unspecified atom stereocenters. The van der Waals surface area contributed by atoms with Gasteiger partial charge in [-0.2, -0.15) is 0 Å². The van der Waals surface area contributed by atoms with Gasteiger partial charge in [0.1, 0.15) is 6.33 Å². The number of aryl methyl sites for hydroxylation is 1. The molecule has 2 N–H and O–H groups in total. The number of carbonyl (C=O) groups excluding carboxylic acids is 2. The second-order valence-corrected chi connectivity index (χ2v) is 8.15. The Morgan fingerprint density at radius 2 is 1.81 bits per heavy atom. The fourth-order valence-corrected chi connectivity index (χ4v) is 3.98. The van der Waals surface area contributed by atoms with Crippen molar-refractivity contribution in [2.45, 2.75) is 5.16 Å². The summed E-state index contributed by atoms with van der Waals surface area (Å²) in [6, 6.07) is 14.6. The number of amides is 2. The zero-order chi connectivity index (χ0) is 22.3. The smallest absolute Gasteiger partial charge is 0.255 e. The molecule has 9 nitrogen and oxygen atoms in total. The van der Waals surface area contributed by atoms with Crippen LogP contribution in [0.3, 0.4) is 0 Å². The third kappa shape index (κ3) is 5.45. The van der Waals surface area contributed by atoms with Crippen LogP contribution >= 0.6 is 11.8 Å². The van der Waals surface area contributed by atoms with Crippen LogP contribution in [0.15, 0.2) is 60.0 Å². The Kier molecular flexibility index (Phi) is 7.03. The number of benzene rings is 2. The third-order valence-electron chi connectivity index (χ3n) is 4.94. The summed E-state index contributed by atoms with van der Waals surface area (Å²) in [5, 5.41) is 14.2. The van der Waals surface area contributed by atoms with E-state index in [2.05, 4.69) is 25.7 Å². The van der Waals surface area contributed by atoms with Gasteiger partial charge in [0.15, 0.2) is 5.16 Å². The van der Waals surface area contributed by atoms with E-state index < -0.39 is 0 Å². The lowest BCUT2D eigenvalue weighted by molar-refractivity contribution is -0.113. The number of para-hydroxylation sites is 2. The van der Waals surface area contributed by atoms with Gasteiger partial charge in [-0.1, -0.05) is 23.9 Å². The number of nitrogens with one attached hydrogen (secondary N) is 2. The first-order valence-electron chi connectivity index (χ1n) is 10.2. The van der Waals surface area contributed by atoms with Gasteiger partial charge >= 0.3 is 0 Å². The second-order valence-electron chi connectivity index (χ2n) is 7.21. The molecule has 1 fully saturated rings. The Balaban J connectivity index is 1.34. The summed E-state index contributed by atoms with van der Waals surface area (Å²) in [6.45, 7) is 2.92. The molecular weight excluding hydrogens is 428 g/mol. The molecule has 10 heteroatoms. The van der Waals surface area contributed by atoms with Crippen LogP contribution in [0.25, 0.3) is 0 Å².